The molecule has 0 radical (unpaired) electrons. The molecule has 0 bridgehead atoms. The fourth-order valence-corrected chi connectivity index (χ4v) is 0. The maximum atomic E-state index is 8.58. The Morgan fingerprint density at radius 3 is 1.09 bits per heavy atom. The van der Waals surface area contributed by atoms with Crippen LogP contribution in [-0.2, 0) is 0 Å². The normalized spacial score (nSPS) is 7.64. The van der Waals surface area contributed by atoms with E-state index < -0.39 is 15.2 Å². The maximum Gasteiger partial charge on any atom is 2.00 e. The second-order valence-electron chi connectivity index (χ2n) is 0.783. The quantitative estimate of drug-likeness (QED) is 0.385. The number of carboxylic acid groups (broad SMARTS) is 2. The topological polar surface area (TPSA) is 150 Å². The molecule has 0 spiro atoms. The van der Waals surface area contributed by atoms with Crippen molar-refractivity contribution in [1.29, 1.82) is 0 Å². The van der Waals surface area contributed by atoms with E-state index in [4.69, 9.17) is 34.2 Å². The third-order valence-corrected chi connectivity index (χ3v) is 0. The van der Waals surface area contributed by atoms with Crippen LogP contribution in [0.5, 0.6) is 0 Å². The molecule has 0 aromatic rings. The summed E-state index contributed by atoms with van der Waals surface area (Å²) in [4.78, 5) is 42.9. The third kappa shape index (κ3) is 543. The fraction of sp³-hybridized carbons (Fsp3) is 0. The fourth-order valence-electron chi connectivity index (χ4n) is 0. The predicted molar refractivity (Wildman–Crippen MR) is 27.9 cm³/mol. The summed E-state index contributed by atoms with van der Waals surface area (Å²) < 4.78 is 0. The van der Waals surface area contributed by atoms with Crippen molar-refractivity contribution in [3.05, 3.63) is 0 Å². The minimum atomic E-state index is -5.61. The van der Waals surface area contributed by atoms with Gasteiger partial charge in [0.25, 0.3) is 0 Å². The van der Waals surface area contributed by atoms with Crippen LogP contribution in [0, 0.1) is 0 Å². The number of hydrogen-bond acceptors (Lipinski definition) is 5. The Bertz CT molecular complexity index is 80.9. The molecular weight excluding hydrogens is 216 g/mol. The molecule has 2 N–H and O–H groups in total. The van der Waals surface area contributed by atoms with Gasteiger partial charge in [-0.3, -0.25) is 0 Å². The van der Waals surface area contributed by atoms with E-state index in [0.717, 1.165) is 0 Å². The molecule has 0 rings (SSSR count). The third-order valence-electron chi connectivity index (χ3n) is 0. The Morgan fingerprint density at radius 1 is 1.09 bits per heavy atom. The van der Waals surface area contributed by atoms with Crippen LogP contribution in [0.25, 0.3) is 0 Å². The van der Waals surface area contributed by atoms with Gasteiger partial charge in [-0.2, -0.15) is 0 Å². The molecule has 0 saturated heterocycles. The molecule has 0 aromatic heterocycles. The molecule has 56 valence electrons. The van der Waals surface area contributed by atoms with Crippen LogP contribution < -0.4 is 19.2 Å². The summed E-state index contributed by atoms with van der Waals surface area (Å²) >= 11 is 0. The molecule has 0 aliphatic carbocycles. The Kier molecular flexibility index (Phi) is 23.6. The molecule has 10 heteroatoms. The Morgan fingerprint density at radius 2 is 1.09 bits per heavy atom. The summed E-state index contributed by atoms with van der Waals surface area (Å²) in [6, 6.07) is 0. The molecular formula is CH2CaMgO7Si. The second kappa shape index (κ2) is 11.4. The first-order chi connectivity index (χ1) is 3.73. The SMILES string of the molecule is O=C(O)O.[Ca+2].[Mg+2].[O-][Si]([O-])([O-])[O-]. The van der Waals surface area contributed by atoms with Crippen LogP contribution >= 0.6 is 0 Å². The summed E-state index contributed by atoms with van der Waals surface area (Å²) in [5.41, 5.74) is 0. The summed E-state index contributed by atoms with van der Waals surface area (Å²) in [5, 5.41) is 13.9. The molecule has 0 atom stereocenters. The van der Waals surface area contributed by atoms with Crippen molar-refractivity contribution in [2.75, 3.05) is 0 Å². The van der Waals surface area contributed by atoms with E-state index >= 15 is 0 Å². The van der Waals surface area contributed by atoms with E-state index in [2.05, 4.69) is 0 Å². The first-order valence-corrected chi connectivity index (χ1v) is 3.10. The molecule has 11 heavy (non-hydrogen) atoms. The number of hydrogen-bond donors (Lipinski definition) is 2. The van der Waals surface area contributed by atoms with E-state index in [1.807, 2.05) is 0 Å². The maximum absolute atomic E-state index is 8.58. The van der Waals surface area contributed by atoms with Crippen molar-refractivity contribution < 1.29 is 34.2 Å². The van der Waals surface area contributed by atoms with Gasteiger partial charge in [0.2, 0.25) is 0 Å². The number of rotatable bonds is 0. The van der Waals surface area contributed by atoms with Gasteiger partial charge in [0, 0.05) is 0 Å². The first kappa shape index (κ1) is 22.8. The van der Waals surface area contributed by atoms with Gasteiger partial charge < -0.3 is 38.4 Å². The second-order valence-corrected chi connectivity index (χ2v) is 1.78. The molecule has 7 nitrogen and oxygen atoms in total. The van der Waals surface area contributed by atoms with Gasteiger partial charge in [0.05, 0.1) is 0 Å². The van der Waals surface area contributed by atoms with Gasteiger partial charge in [0.15, 0.2) is 0 Å². The Balaban J connectivity index is -0.0000000383. The zero-order chi connectivity index (χ0) is 8.08. The minimum absolute atomic E-state index is 0. The molecule has 0 aromatic carbocycles. The van der Waals surface area contributed by atoms with E-state index in [-0.39, 0.29) is 60.8 Å². The van der Waals surface area contributed by atoms with Crippen LogP contribution in [0.4, 0.5) is 4.79 Å². The smallest absolute Gasteiger partial charge is 0.894 e. The van der Waals surface area contributed by atoms with Gasteiger partial charge >= 0.3 is 66.9 Å². The van der Waals surface area contributed by atoms with Gasteiger partial charge in [-0.15, -0.1) is 0 Å². The minimum Gasteiger partial charge on any atom is -0.894 e. The van der Waals surface area contributed by atoms with Crippen molar-refractivity contribution >= 4 is 76.0 Å². The molecule has 0 unspecified atom stereocenters. The van der Waals surface area contributed by atoms with E-state index in [1.54, 1.807) is 0 Å². The van der Waals surface area contributed by atoms with Crippen molar-refractivity contribution in [2.45, 2.75) is 0 Å². The van der Waals surface area contributed by atoms with E-state index in [0.29, 0.717) is 0 Å². The standard InChI is InChI=1S/CH2O3.Ca.Mg.O4Si/c2-1(3)4;;;1-5(2,3)4/h(H2,2,3,4);;;/q;2*+2;-4. The van der Waals surface area contributed by atoms with Crippen molar-refractivity contribution in [3.8, 4) is 0 Å². The van der Waals surface area contributed by atoms with Crippen LogP contribution in [0.1, 0.15) is 0 Å². The number of carbonyl (C=O) groups is 1. The van der Waals surface area contributed by atoms with Gasteiger partial charge in [0.1, 0.15) is 0 Å². The summed E-state index contributed by atoms with van der Waals surface area (Å²) in [6.45, 7) is 0. The summed E-state index contributed by atoms with van der Waals surface area (Å²) in [5.74, 6) is 0. The van der Waals surface area contributed by atoms with Crippen LogP contribution in [0.3, 0.4) is 0 Å². The molecule has 0 amide bonds. The van der Waals surface area contributed by atoms with Gasteiger partial charge in [-0.05, 0) is 0 Å². The average molecular weight is 218 g/mol. The Hall–Kier alpha value is 1.35. The van der Waals surface area contributed by atoms with Gasteiger partial charge in [-0.25, -0.2) is 4.79 Å². The largest absolute Gasteiger partial charge is 2.00 e. The zero-order valence-electron chi connectivity index (χ0n) is 5.35. The van der Waals surface area contributed by atoms with Crippen LogP contribution in [0.15, 0.2) is 0 Å². The van der Waals surface area contributed by atoms with Crippen molar-refractivity contribution in [3.63, 3.8) is 0 Å². The molecule has 0 aliphatic heterocycles. The van der Waals surface area contributed by atoms with E-state index in [1.165, 1.54) is 0 Å². The zero-order valence-corrected chi connectivity index (χ0v) is 9.97. The molecule has 0 saturated carbocycles. The van der Waals surface area contributed by atoms with Gasteiger partial charge in [-0.1, -0.05) is 0 Å². The first-order valence-electron chi connectivity index (χ1n) is 1.47. The summed E-state index contributed by atoms with van der Waals surface area (Å²) in [7, 11) is -5.61. The average Bonchev–Trinajstić information content (AvgIpc) is 1.19. The van der Waals surface area contributed by atoms with E-state index in [9.17, 15) is 0 Å². The van der Waals surface area contributed by atoms with Crippen LogP contribution in [-0.4, -0.2) is 86.2 Å². The van der Waals surface area contributed by atoms with Crippen molar-refractivity contribution in [2.24, 2.45) is 0 Å². The Labute approximate surface area is 109 Å². The molecule has 0 aliphatic rings. The molecule has 0 heterocycles. The molecule has 0 fully saturated rings. The van der Waals surface area contributed by atoms with Crippen molar-refractivity contribution in [1.82, 2.24) is 0 Å². The van der Waals surface area contributed by atoms with Crippen LogP contribution in [0.2, 0.25) is 0 Å². The monoisotopic (exact) mass is 218 g/mol. The predicted octanol–water partition coefficient (Wildman–Crippen LogP) is -5.68. The summed E-state index contributed by atoms with van der Waals surface area (Å²) in [6.07, 6.45) is -1.83.